The van der Waals surface area contributed by atoms with E-state index in [1.807, 2.05) is 38.9 Å². The number of aryl methyl sites for hydroxylation is 1. The number of aliphatic hydroxyl groups excluding tert-OH is 1. The minimum Gasteiger partial charge on any atom is -0.395 e. The van der Waals surface area contributed by atoms with Crippen LogP contribution in [-0.2, 0) is 11.2 Å². The monoisotopic (exact) mass is 578 g/mol. The summed E-state index contributed by atoms with van der Waals surface area (Å²) in [5.41, 5.74) is 3.30. The Bertz CT molecular complexity index is 1520. The molecule has 216 valence electrons. The lowest BCUT2D eigenvalue weighted by Gasteiger charge is -2.41. The van der Waals surface area contributed by atoms with Gasteiger partial charge in [0.15, 0.2) is 16.6 Å². The van der Waals surface area contributed by atoms with E-state index in [1.165, 1.54) is 23.5 Å². The first kappa shape index (κ1) is 27.6. The van der Waals surface area contributed by atoms with Gasteiger partial charge in [-0.05, 0) is 55.7 Å². The molecule has 1 aromatic carbocycles. The molecular formula is C29H35FN8O2S. The number of hydrogen-bond acceptors (Lipinski definition) is 9. The molecule has 3 aromatic heterocycles. The number of rotatable bonds is 8. The van der Waals surface area contributed by atoms with Crippen molar-refractivity contribution in [1.82, 2.24) is 29.4 Å². The van der Waals surface area contributed by atoms with Crippen molar-refractivity contribution >= 4 is 39.7 Å². The Morgan fingerprint density at radius 1 is 1.10 bits per heavy atom. The van der Waals surface area contributed by atoms with Crippen molar-refractivity contribution in [3.63, 3.8) is 0 Å². The summed E-state index contributed by atoms with van der Waals surface area (Å²) in [6.45, 7) is 6.02. The number of nitrogens with zero attached hydrogens (tertiary/aromatic N) is 8. The van der Waals surface area contributed by atoms with Crippen LogP contribution in [0.25, 0.3) is 16.9 Å². The summed E-state index contributed by atoms with van der Waals surface area (Å²) in [6, 6.07) is 10.1. The van der Waals surface area contributed by atoms with Crippen molar-refractivity contribution in [1.29, 1.82) is 0 Å². The highest BCUT2D eigenvalue weighted by atomic mass is 32.1. The number of thiazole rings is 1. The van der Waals surface area contributed by atoms with Crippen LogP contribution in [0, 0.1) is 5.82 Å². The number of piperazine rings is 1. The molecule has 0 aliphatic carbocycles. The van der Waals surface area contributed by atoms with Crippen molar-refractivity contribution in [2.75, 3.05) is 62.7 Å². The van der Waals surface area contributed by atoms with Gasteiger partial charge in [0.2, 0.25) is 5.91 Å². The second-order valence-corrected chi connectivity index (χ2v) is 11.5. The molecule has 1 amide bonds. The van der Waals surface area contributed by atoms with Gasteiger partial charge in [-0.25, -0.2) is 14.4 Å². The van der Waals surface area contributed by atoms with E-state index >= 15 is 0 Å². The number of anilines is 3. The summed E-state index contributed by atoms with van der Waals surface area (Å²) in [5, 5.41) is 17.9. The fourth-order valence-electron chi connectivity index (χ4n) is 5.68. The number of carbonyl (C=O) groups excluding carboxylic acids is 1. The zero-order valence-electron chi connectivity index (χ0n) is 23.4. The second-order valence-electron chi connectivity index (χ2n) is 10.6. The van der Waals surface area contributed by atoms with Crippen LogP contribution >= 0.6 is 11.3 Å². The van der Waals surface area contributed by atoms with E-state index in [0.717, 1.165) is 71.7 Å². The van der Waals surface area contributed by atoms with E-state index < -0.39 is 0 Å². The Hall–Kier alpha value is -3.61. The van der Waals surface area contributed by atoms with Crippen LogP contribution in [-0.4, -0.2) is 99.4 Å². The highest BCUT2D eigenvalue weighted by molar-refractivity contribution is 7.14. The summed E-state index contributed by atoms with van der Waals surface area (Å²) >= 11 is 1.51. The number of carbonyl (C=O) groups is 1. The van der Waals surface area contributed by atoms with Crippen molar-refractivity contribution < 1.29 is 14.3 Å². The Kier molecular flexibility index (Phi) is 7.87. The molecule has 6 rings (SSSR count). The molecule has 10 nitrogen and oxygen atoms in total. The van der Waals surface area contributed by atoms with Gasteiger partial charge in [-0.1, -0.05) is 6.92 Å². The van der Waals surface area contributed by atoms with Crippen LogP contribution < -0.4 is 9.80 Å². The summed E-state index contributed by atoms with van der Waals surface area (Å²) in [4.78, 5) is 30.6. The molecule has 1 N–H and O–H groups in total. The number of aromatic nitrogens is 4. The van der Waals surface area contributed by atoms with E-state index in [9.17, 15) is 14.3 Å². The summed E-state index contributed by atoms with van der Waals surface area (Å²) in [6.07, 6.45) is 2.87. The minimum absolute atomic E-state index is 0.0223. The Morgan fingerprint density at radius 2 is 1.88 bits per heavy atom. The number of halogens is 1. The van der Waals surface area contributed by atoms with E-state index in [4.69, 9.17) is 15.1 Å². The standard InChI is InChI=1S/C29H35FN8O2S/c1-3-23-28(34(2)29-32-24(19-41-29)20-6-8-21(30)9-7-20)38-25(31-23)10-11-26(33-38)37-15-14-36(22(16-37)18-39)17-27(40)35-12-4-5-13-35/h6-11,19,22,39H,3-5,12-18H2,1-2H3. The van der Waals surface area contributed by atoms with Gasteiger partial charge in [0.1, 0.15) is 11.6 Å². The van der Waals surface area contributed by atoms with Gasteiger partial charge < -0.3 is 19.8 Å². The van der Waals surface area contributed by atoms with Crippen molar-refractivity contribution in [2.24, 2.45) is 0 Å². The Morgan fingerprint density at radius 3 is 2.61 bits per heavy atom. The Balaban J connectivity index is 1.24. The highest BCUT2D eigenvalue weighted by Crippen LogP contribution is 2.34. The van der Waals surface area contributed by atoms with Gasteiger partial charge in [-0.2, -0.15) is 4.52 Å². The molecule has 1 atom stereocenters. The molecule has 12 heteroatoms. The molecule has 0 saturated carbocycles. The van der Waals surface area contributed by atoms with E-state index in [1.54, 1.807) is 12.1 Å². The number of likely N-dealkylation sites (tertiary alicyclic amines) is 1. The molecule has 2 aliphatic rings. The van der Waals surface area contributed by atoms with E-state index in [-0.39, 0.29) is 24.4 Å². The molecule has 4 aromatic rings. The quantitative estimate of drug-likeness (QED) is 0.340. The zero-order valence-corrected chi connectivity index (χ0v) is 24.2. The smallest absolute Gasteiger partial charge is 0.236 e. The second kappa shape index (κ2) is 11.7. The largest absolute Gasteiger partial charge is 0.395 e. The van der Waals surface area contributed by atoms with Gasteiger partial charge in [0, 0.05) is 50.7 Å². The van der Waals surface area contributed by atoms with E-state index in [0.29, 0.717) is 26.2 Å². The number of aliphatic hydroxyl groups is 1. The lowest BCUT2D eigenvalue weighted by molar-refractivity contribution is -0.132. The molecule has 41 heavy (non-hydrogen) atoms. The fraction of sp³-hybridized carbons (Fsp3) is 0.448. The zero-order chi connectivity index (χ0) is 28.5. The van der Waals surface area contributed by atoms with Gasteiger partial charge in [0.25, 0.3) is 0 Å². The lowest BCUT2D eigenvalue weighted by atomic mass is 10.1. The van der Waals surface area contributed by atoms with Gasteiger partial charge in [0.05, 0.1) is 30.6 Å². The molecule has 0 radical (unpaired) electrons. The third kappa shape index (κ3) is 5.51. The van der Waals surface area contributed by atoms with Crippen molar-refractivity contribution in [3.05, 3.63) is 53.3 Å². The van der Waals surface area contributed by atoms with Crippen LogP contribution in [0.3, 0.4) is 0 Å². The summed E-state index contributed by atoms with van der Waals surface area (Å²) in [5.74, 6) is 1.51. The van der Waals surface area contributed by atoms with Gasteiger partial charge in [-0.15, -0.1) is 16.4 Å². The topological polar surface area (TPSA) is 93.3 Å². The molecule has 0 bridgehead atoms. The first-order valence-electron chi connectivity index (χ1n) is 14.2. The number of fused-ring (bicyclic) bond motifs is 1. The van der Waals surface area contributed by atoms with E-state index in [2.05, 4.69) is 16.7 Å². The van der Waals surface area contributed by atoms with Crippen molar-refractivity contribution in [3.8, 4) is 11.3 Å². The summed E-state index contributed by atoms with van der Waals surface area (Å²) < 4.78 is 15.3. The van der Waals surface area contributed by atoms with Crippen LogP contribution in [0.15, 0.2) is 41.8 Å². The molecule has 2 aliphatic heterocycles. The molecule has 2 fully saturated rings. The van der Waals surface area contributed by atoms with Crippen LogP contribution in [0.5, 0.6) is 0 Å². The third-order valence-electron chi connectivity index (χ3n) is 8.02. The third-order valence-corrected chi connectivity index (χ3v) is 8.93. The predicted molar refractivity (Wildman–Crippen MR) is 158 cm³/mol. The molecule has 5 heterocycles. The molecule has 2 saturated heterocycles. The molecule has 0 spiro atoms. The van der Waals surface area contributed by atoms with Crippen molar-refractivity contribution in [2.45, 2.75) is 32.2 Å². The average molecular weight is 579 g/mol. The van der Waals surface area contributed by atoms with Crippen LogP contribution in [0.1, 0.15) is 25.5 Å². The SMILES string of the molecule is CCc1nc2ccc(N3CCN(CC(=O)N4CCCC4)C(CO)C3)nn2c1N(C)c1nc(-c2ccc(F)cc2)cs1. The van der Waals surface area contributed by atoms with Gasteiger partial charge >= 0.3 is 0 Å². The first-order valence-corrected chi connectivity index (χ1v) is 15.0. The minimum atomic E-state index is -0.274. The predicted octanol–water partition coefficient (Wildman–Crippen LogP) is 3.43. The van der Waals surface area contributed by atoms with Gasteiger partial charge in [-0.3, -0.25) is 9.69 Å². The lowest BCUT2D eigenvalue weighted by Crippen LogP contribution is -2.57. The maximum atomic E-state index is 13.4. The van der Waals surface area contributed by atoms with Crippen LogP contribution in [0.2, 0.25) is 0 Å². The molecular weight excluding hydrogens is 543 g/mol. The first-order chi connectivity index (χ1) is 19.9. The summed E-state index contributed by atoms with van der Waals surface area (Å²) in [7, 11) is 1.96. The maximum absolute atomic E-state index is 13.4. The Labute approximate surface area is 242 Å². The molecule has 1 unspecified atom stereocenters. The average Bonchev–Trinajstić information content (AvgIpc) is 3.77. The van der Waals surface area contributed by atoms with Crippen LogP contribution in [0.4, 0.5) is 21.2 Å². The fourth-order valence-corrected chi connectivity index (χ4v) is 6.49. The maximum Gasteiger partial charge on any atom is 0.236 e. The number of benzene rings is 1. The number of amides is 1. The highest BCUT2D eigenvalue weighted by Gasteiger charge is 2.31. The number of hydrogen-bond donors (Lipinski definition) is 1. The number of imidazole rings is 1. The normalized spacial score (nSPS) is 18.0.